The number of carbonyl (C=O) groups excluding carboxylic acids is 2. The van der Waals surface area contributed by atoms with E-state index in [0.717, 1.165) is 12.8 Å². The molecule has 19 heavy (non-hydrogen) atoms. The van der Waals surface area contributed by atoms with Crippen molar-refractivity contribution in [2.45, 2.75) is 44.1 Å². The fourth-order valence-corrected chi connectivity index (χ4v) is 4.87. The first-order chi connectivity index (χ1) is 9.22. The van der Waals surface area contributed by atoms with E-state index in [-0.39, 0.29) is 17.4 Å². The molecule has 0 aromatic carbocycles. The molecular formula is C15H19NO3. The van der Waals surface area contributed by atoms with Crippen LogP contribution in [0.5, 0.6) is 0 Å². The average Bonchev–Trinajstić information content (AvgIpc) is 2.71. The van der Waals surface area contributed by atoms with Gasteiger partial charge in [0.2, 0.25) is 5.91 Å². The summed E-state index contributed by atoms with van der Waals surface area (Å²) in [7, 11) is 0. The Morgan fingerprint density at radius 3 is 3.11 bits per heavy atom. The zero-order valence-electron chi connectivity index (χ0n) is 11.1. The minimum atomic E-state index is -0.107. The van der Waals surface area contributed by atoms with Gasteiger partial charge in [-0.15, -0.1) is 0 Å². The predicted molar refractivity (Wildman–Crippen MR) is 68.2 cm³/mol. The first-order valence-electron chi connectivity index (χ1n) is 7.37. The Hall–Kier alpha value is -1.32. The van der Waals surface area contributed by atoms with Crippen LogP contribution in [0.15, 0.2) is 11.6 Å². The summed E-state index contributed by atoms with van der Waals surface area (Å²) < 4.78 is 5.32. The molecule has 3 fully saturated rings. The molecule has 4 nitrogen and oxygen atoms in total. The number of cyclic esters (lactones) is 1. The Labute approximate surface area is 112 Å². The van der Waals surface area contributed by atoms with Gasteiger partial charge >= 0.3 is 5.97 Å². The molecule has 4 rings (SSSR count). The van der Waals surface area contributed by atoms with Gasteiger partial charge in [-0.1, -0.05) is 24.5 Å². The first-order valence-corrected chi connectivity index (χ1v) is 7.37. The lowest BCUT2D eigenvalue weighted by Crippen LogP contribution is -2.60. The van der Waals surface area contributed by atoms with E-state index in [1.807, 2.05) is 0 Å². The highest BCUT2D eigenvalue weighted by atomic mass is 16.5. The summed E-state index contributed by atoms with van der Waals surface area (Å²) in [4.78, 5) is 25.9. The number of ether oxygens (including phenoxy) is 1. The largest absolute Gasteiger partial charge is 0.465 e. The van der Waals surface area contributed by atoms with E-state index < -0.39 is 0 Å². The van der Waals surface area contributed by atoms with E-state index in [1.54, 1.807) is 0 Å². The van der Waals surface area contributed by atoms with E-state index in [2.05, 4.69) is 11.0 Å². The summed E-state index contributed by atoms with van der Waals surface area (Å²) in [6, 6.07) is 0. The van der Waals surface area contributed by atoms with Crippen LogP contribution in [0.3, 0.4) is 0 Å². The molecule has 1 spiro atoms. The number of hydrogen-bond donors (Lipinski definition) is 0. The number of esters is 1. The van der Waals surface area contributed by atoms with Gasteiger partial charge in [-0.3, -0.25) is 9.59 Å². The molecular weight excluding hydrogens is 242 g/mol. The summed E-state index contributed by atoms with van der Waals surface area (Å²) in [6.07, 6.45) is 7.90. The van der Waals surface area contributed by atoms with Gasteiger partial charge < -0.3 is 9.64 Å². The van der Waals surface area contributed by atoms with E-state index in [1.165, 1.54) is 18.4 Å². The molecule has 0 aromatic rings. The molecule has 2 saturated heterocycles. The molecule has 4 heteroatoms. The highest BCUT2D eigenvalue weighted by Crippen LogP contribution is 2.54. The molecule has 4 aliphatic rings. The van der Waals surface area contributed by atoms with Crippen LogP contribution >= 0.6 is 0 Å². The molecule has 3 heterocycles. The topological polar surface area (TPSA) is 46.6 Å². The minimum Gasteiger partial charge on any atom is -0.465 e. The van der Waals surface area contributed by atoms with Gasteiger partial charge in [-0.2, -0.15) is 0 Å². The molecule has 0 N–H and O–H groups in total. The van der Waals surface area contributed by atoms with Crippen LogP contribution < -0.4 is 0 Å². The number of rotatable bonds is 0. The lowest BCUT2D eigenvalue weighted by molar-refractivity contribution is -0.152. The molecule has 3 atom stereocenters. The fraction of sp³-hybridized carbons (Fsp3) is 0.733. The van der Waals surface area contributed by atoms with Crippen molar-refractivity contribution < 1.29 is 14.3 Å². The maximum Gasteiger partial charge on any atom is 0.309 e. The Balaban J connectivity index is 1.79. The lowest BCUT2D eigenvalue weighted by atomic mass is 9.62. The van der Waals surface area contributed by atoms with Crippen molar-refractivity contribution in [3.05, 3.63) is 11.6 Å². The van der Waals surface area contributed by atoms with Crippen molar-refractivity contribution in [2.75, 3.05) is 13.2 Å². The number of fused-ring (bicyclic) bond motifs is 1. The van der Waals surface area contributed by atoms with Crippen LogP contribution in [-0.4, -0.2) is 35.5 Å². The molecule has 3 aliphatic heterocycles. The number of hydrogen-bond acceptors (Lipinski definition) is 3. The molecule has 0 radical (unpaired) electrons. The molecule has 102 valence electrons. The maximum atomic E-state index is 12.3. The number of nitrogens with zero attached hydrogens (tertiary/aromatic N) is 1. The minimum absolute atomic E-state index is 0.0277. The van der Waals surface area contributed by atoms with Gasteiger partial charge in [0.1, 0.15) is 6.61 Å². The van der Waals surface area contributed by atoms with E-state index in [9.17, 15) is 9.59 Å². The second kappa shape index (κ2) is 3.84. The van der Waals surface area contributed by atoms with Crippen molar-refractivity contribution in [1.82, 2.24) is 4.90 Å². The van der Waals surface area contributed by atoms with Crippen LogP contribution in [0.4, 0.5) is 0 Å². The second-order valence-corrected chi connectivity index (χ2v) is 6.33. The highest BCUT2D eigenvalue weighted by Gasteiger charge is 2.60. The molecule has 0 unspecified atom stereocenters. The maximum absolute atomic E-state index is 12.3. The Kier molecular flexibility index (Phi) is 2.32. The Morgan fingerprint density at radius 2 is 2.21 bits per heavy atom. The van der Waals surface area contributed by atoms with E-state index >= 15 is 0 Å². The van der Waals surface area contributed by atoms with Crippen molar-refractivity contribution in [2.24, 2.45) is 11.8 Å². The zero-order valence-corrected chi connectivity index (χ0v) is 11.1. The summed E-state index contributed by atoms with van der Waals surface area (Å²) >= 11 is 0. The summed E-state index contributed by atoms with van der Waals surface area (Å²) in [5, 5.41) is 0. The van der Waals surface area contributed by atoms with Crippen LogP contribution in [0.25, 0.3) is 0 Å². The molecule has 1 aliphatic carbocycles. The fourth-order valence-electron chi connectivity index (χ4n) is 4.87. The van der Waals surface area contributed by atoms with Crippen LogP contribution in [0, 0.1) is 11.8 Å². The summed E-state index contributed by atoms with van der Waals surface area (Å²) in [5.74, 6) is 0.929. The second-order valence-electron chi connectivity index (χ2n) is 6.33. The summed E-state index contributed by atoms with van der Waals surface area (Å²) in [5.41, 5.74) is 1.20. The Morgan fingerprint density at radius 1 is 1.32 bits per heavy atom. The van der Waals surface area contributed by atoms with E-state index in [0.29, 0.717) is 37.8 Å². The zero-order chi connectivity index (χ0) is 13.0. The standard InChI is InChI=1S/C15H19NO3/c17-13-8-11-3-1-2-5-15(11)12-9-19-14(18)7-10(12)4-6-16(13)15/h4,11-12H,1-3,5-9H2/t11-,12+,15-/m0/s1. The molecule has 1 amide bonds. The number of carbonyl (C=O) groups is 2. The lowest BCUT2D eigenvalue weighted by Gasteiger charge is -2.53. The highest BCUT2D eigenvalue weighted by molar-refractivity contribution is 5.82. The van der Waals surface area contributed by atoms with Crippen molar-refractivity contribution in [1.29, 1.82) is 0 Å². The third-order valence-electron chi connectivity index (χ3n) is 5.66. The average molecular weight is 261 g/mol. The van der Waals surface area contributed by atoms with Crippen LogP contribution in [0.1, 0.15) is 38.5 Å². The molecule has 0 aromatic heterocycles. The van der Waals surface area contributed by atoms with Gasteiger partial charge in [-0.25, -0.2) is 0 Å². The van der Waals surface area contributed by atoms with Gasteiger partial charge in [-0.05, 0) is 18.8 Å². The van der Waals surface area contributed by atoms with Crippen LogP contribution in [0.2, 0.25) is 0 Å². The normalized spacial score (nSPS) is 41.1. The van der Waals surface area contributed by atoms with Gasteiger partial charge in [0, 0.05) is 18.9 Å². The molecule has 0 bridgehead atoms. The van der Waals surface area contributed by atoms with E-state index in [4.69, 9.17) is 4.74 Å². The van der Waals surface area contributed by atoms with Crippen molar-refractivity contribution in [3.63, 3.8) is 0 Å². The monoisotopic (exact) mass is 261 g/mol. The summed E-state index contributed by atoms with van der Waals surface area (Å²) in [6.45, 7) is 1.18. The third-order valence-corrected chi connectivity index (χ3v) is 5.66. The van der Waals surface area contributed by atoms with Crippen molar-refractivity contribution >= 4 is 11.9 Å². The van der Waals surface area contributed by atoms with Gasteiger partial charge in [0.25, 0.3) is 0 Å². The molecule has 1 saturated carbocycles. The number of amides is 1. The van der Waals surface area contributed by atoms with Crippen molar-refractivity contribution in [3.8, 4) is 0 Å². The van der Waals surface area contributed by atoms with Gasteiger partial charge in [0.15, 0.2) is 0 Å². The smallest absolute Gasteiger partial charge is 0.309 e. The van der Waals surface area contributed by atoms with Gasteiger partial charge in [0.05, 0.1) is 12.0 Å². The van der Waals surface area contributed by atoms with Crippen LogP contribution in [-0.2, 0) is 14.3 Å². The first kappa shape index (κ1) is 11.5. The predicted octanol–water partition coefficient (Wildman–Crippen LogP) is 1.65. The third kappa shape index (κ3) is 1.40. The SMILES string of the molecule is O=C1CC2=CCN3C(=O)C[C@@H]4CCCC[C@@]43[C@@H]2CO1. The Bertz CT molecular complexity index is 484. The quantitative estimate of drug-likeness (QED) is 0.492.